The van der Waals surface area contributed by atoms with Crippen LogP contribution in [-0.4, -0.2) is 62.5 Å². The molecule has 0 bridgehead atoms. The number of anilines is 2. The molecule has 2 fully saturated rings. The van der Waals surface area contributed by atoms with Gasteiger partial charge in [-0.25, -0.2) is 4.99 Å². The van der Waals surface area contributed by atoms with E-state index in [4.69, 9.17) is 14.5 Å². The molecule has 190 valence electrons. The predicted octanol–water partition coefficient (Wildman–Crippen LogP) is 5.70. The summed E-state index contributed by atoms with van der Waals surface area (Å²) in [5, 5.41) is 1.73. The van der Waals surface area contributed by atoms with Crippen LogP contribution in [0.4, 0.5) is 17.1 Å². The van der Waals surface area contributed by atoms with Crippen molar-refractivity contribution in [1.29, 1.82) is 0 Å². The van der Waals surface area contributed by atoms with Crippen LogP contribution in [-0.2, 0) is 9.53 Å². The minimum atomic E-state index is 0.0397. The molecule has 0 spiro atoms. The SMILES string of the molecule is CCCCN1C(=O)/C(=C2/Sc3ccc(OC)cc3N2CC)SC1=Nc1ccc(N2CCOCC2)cc1. The van der Waals surface area contributed by atoms with Crippen LogP contribution < -0.4 is 14.5 Å². The Bertz CT molecular complexity index is 1180. The largest absolute Gasteiger partial charge is 0.497 e. The van der Waals surface area contributed by atoms with Gasteiger partial charge in [0.25, 0.3) is 5.91 Å². The topological polar surface area (TPSA) is 57.6 Å². The maximum Gasteiger partial charge on any atom is 0.269 e. The number of methoxy groups -OCH3 is 1. The number of amides is 1. The van der Waals surface area contributed by atoms with Crippen molar-refractivity contribution in [2.24, 2.45) is 4.99 Å². The lowest BCUT2D eigenvalue weighted by Gasteiger charge is -2.28. The number of rotatable bonds is 7. The molecule has 3 aliphatic rings. The zero-order chi connectivity index (χ0) is 25.1. The molecule has 3 heterocycles. The van der Waals surface area contributed by atoms with Crippen molar-refractivity contribution >= 4 is 51.7 Å². The molecule has 0 radical (unpaired) electrons. The van der Waals surface area contributed by atoms with Crippen LogP contribution in [0.25, 0.3) is 0 Å². The number of carbonyl (C=O) groups is 1. The third kappa shape index (κ3) is 4.96. The first-order valence-corrected chi connectivity index (χ1v) is 14.1. The minimum absolute atomic E-state index is 0.0397. The van der Waals surface area contributed by atoms with E-state index in [0.29, 0.717) is 6.54 Å². The Kier molecular flexibility index (Phi) is 7.79. The number of morpholine rings is 1. The molecule has 0 saturated carbocycles. The van der Waals surface area contributed by atoms with Crippen molar-refractivity contribution in [2.75, 3.05) is 56.3 Å². The number of fused-ring (bicyclic) bond motifs is 1. The van der Waals surface area contributed by atoms with Crippen molar-refractivity contribution in [1.82, 2.24) is 4.90 Å². The average Bonchev–Trinajstić information content (AvgIpc) is 3.44. The summed E-state index contributed by atoms with van der Waals surface area (Å²) < 4.78 is 10.9. The van der Waals surface area contributed by atoms with Gasteiger partial charge in [0, 0.05) is 42.8 Å². The second-order valence-electron chi connectivity index (χ2n) is 8.74. The van der Waals surface area contributed by atoms with Gasteiger partial charge in [-0.05, 0) is 61.5 Å². The molecule has 9 heteroatoms. The van der Waals surface area contributed by atoms with Crippen LogP contribution in [0.15, 0.2) is 62.3 Å². The number of unbranched alkanes of at least 4 members (excludes halogenated alkanes) is 1. The van der Waals surface area contributed by atoms with E-state index in [0.717, 1.165) is 82.8 Å². The first-order chi connectivity index (χ1) is 17.6. The van der Waals surface area contributed by atoms with Crippen LogP contribution >= 0.6 is 23.5 Å². The molecule has 0 aliphatic carbocycles. The van der Waals surface area contributed by atoms with Crippen molar-refractivity contribution < 1.29 is 14.3 Å². The second kappa shape index (κ2) is 11.2. The van der Waals surface area contributed by atoms with Crippen molar-refractivity contribution in [2.45, 2.75) is 31.6 Å². The van der Waals surface area contributed by atoms with Crippen molar-refractivity contribution in [3.8, 4) is 5.75 Å². The molecule has 36 heavy (non-hydrogen) atoms. The van der Waals surface area contributed by atoms with Gasteiger partial charge in [0.1, 0.15) is 15.7 Å². The number of ether oxygens (including phenoxy) is 2. The van der Waals surface area contributed by atoms with E-state index >= 15 is 0 Å². The van der Waals surface area contributed by atoms with E-state index in [-0.39, 0.29) is 5.91 Å². The van der Waals surface area contributed by atoms with Crippen LogP contribution in [0.1, 0.15) is 26.7 Å². The van der Waals surface area contributed by atoms with E-state index < -0.39 is 0 Å². The van der Waals surface area contributed by atoms with Crippen LogP contribution in [0, 0.1) is 0 Å². The van der Waals surface area contributed by atoms with Gasteiger partial charge in [0.15, 0.2) is 5.17 Å². The quantitative estimate of drug-likeness (QED) is 0.431. The molecular formula is C27H32N4O3S2. The molecule has 0 unspecified atom stereocenters. The number of hydrogen-bond donors (Lipinski definition) is 0. The van der Waals surface area contributed by atoms with E-state index in [9.17, 15) is 4.79 Å². The van der Waals surface area contributed by atoms with Gasteiger partial charge >= 0.3 is 0 Å². The van der Waals surface area contributed by atoms with Crippen molar-refractivity contribution in [3.05, 3.63) is 52.4 Å². The number of carbonyl (C=O) groups excluding carboxylic acids is 1. The van der Waals surface area contributed by atoms with Crippen molar-refractivity contribution in [3.63, 3.8) is 0 Å². The zero-order valence-electron chi connectivity index (χ0n) is 21.0. The Morgan fingerprint density at radius 2 is 1.81 bits per heavy atom. The molecule has 7 nitrogen and oxygen atoms in total. The first kappa shape index (κ1) is 25.0. The van der Waals surface area contributed by atoms with E-state index in [1.165, 1.54) is 17.4 Å². The number of aliphatic imine (C=N–C) groups is 1. The van der Waals surface area contributed by atoms with Crippen LogP contribution in [0.5, 0.6) is 5.75 Å². The van der Waals surface area contributed by atoms with Crippen LogP contribution in [0.2, 0.25) is 0 Å². The molecule has 0 atom stereocenters. The van der Waals surface area contributed by atoms with Gasteiger partial charge in [-0.2, -0.15) is 0 Å². The summed E-state index contributed by atoms with van der Waals surface area (Å²) >= 11 is 3.14. The van der Waals surface area contributed by atoms with E-state index in [1.807, 2.05) is 29.2 Å². The van der Waals surface area contributed by atoms with E-state index in [2.05, 4.69) is 41.8 Å². The smallest absolute Gasteiger partial charge is 0.269 e. The highest BCUT2D eigenvalue weighted by Gasteiger charge is 2.39. The molecule has 0 aromatic heterocycles. The monoisotopic (exact) mass is 524 g/mol. The summed E-state index contributed by atoms with van der Waals surface area (Å²) in [5.74, 6) is 0.856. The van der Waals surface area contributed by atoms with Gasteiger partial charge in [-0.3, -0.25) is 9.69 Å². The third-order valence-electron chi connectivity index (χ3n) is 6.47. The van der Waals surface area contributed by atoms with Gasteiger partial charge in [-0.15, -0.1) is 0 Å². The summed E-state index contributed by atoms with van der Waals surface area (Å²) in [5.41, 5.74) is 3.12. The molecular weight excluding hydrogens is 492 g/mol. The molecule has 3 aliphatic heterocycles. The number of benzene rings is 2. The Morgan fingerprint density at radius 1 is 1.03 bits per heavy atom. The molecule has 2 aromatic rings. The highest BCUT2D eigenvalue weighted by atomic mass is 32.2. The highest BCUT2D eigenvalue weighted by Crippen LogP contribution is 2.51. The van der Waals surface area contributed by atoms with Gasteiger partial charge in [0.2, 0.25) is 0 Å². The zero-order valence-corrected chi connectivity index (χ0v) is 22.7. The fourth-order valence-electron chi connectivity index (χ4n) is 4.47. The standard InChI is InChI=1S/C27H32N4O3S2/c1-4-6-13-31-25(32)24(26-30(5-2)22-18-21(33-3)11-12-23(22)35-26)36-27(31)28-19-7-9-20(10-8-19)29-14-16-34-17-15-29/h7-12,18H,4-6,13-17H2,1-3H3/b26-24-,28-27?. The lowest BCUT2D eigenvalue weighted by molar-refractivity contribution is -0.122. The number of amidine groups is 1. The summed E-state index contributed by atoms with van der Waals surface area (Å²) in [4.78, 5) is 26.9. The normalized spacial score (nSPS) is 21.0. The van der Waals surface area contributed by atoms with Crippen LogP contribution in [0.3, 0.4) is 0 Å². The summed E-state index contributed by atoms with van der Waals surface area (Å²) in [6.07, 6.45) is 1.95. The fourth-order valence-corrected chi connectivity index (χ4v) is 6.87. The lowest BCUT2D eigenvalue weighted by atomic mass is 10.2. The first-order valence-electron chi connectivity index (χ1n) is 12.5. The van der Waals surface area contributed by atoms with Gasteiger partial charge < -0.3 is 19.3 Å². The Balaban J connectivity index is 1.45. The minimum Gasteiger partial charge on any atom is -0.497 e. The maximum absolute atomic E-state index is 13.7. The summed E-state index contributed by atoms with van der Waals surface area (Å²) in [7, 11) is 1.68. The lowest BCUT2D eigenvalue weighted by Crippen LogP contribution is -2.36. The summed E-state index contributed by atoms with van der Waals surface area (Å²) in [6, 6.07) is 14.4. The highest BCUT2D eigenvalue weighted by molar-refractivity contribution is 8.19. The average molecular weight is 525 g/mol. The third-order valence-corrected chi connectivity index (χ3v) is 8.85. The molecule has 1 amide bonds. The fraction of sp³-hybridized carbons (Fsp3) is 0.407. The molecule has 0 N–H and O–H groups in total. The van der Waals surface area contributed by atoms with Gasteiger partial charge in [-0.1, -0.05) is 25.1 Å². The molecule has 2 saturated heterocycles. The Hall–Kier alpha value is -2.62. The Morgan fingerprint density at radius 3 is 2.50 bits per heavy atom. The number of hydrogen-bond acceptors (Lipinski definition) is 8. The second-order valence-corrected chi connectivity index (χ2v) is 10.7. The van der Waals surface area contributed by atoms with E-state index in [1.54, 1.807) is 18.9 Å². The predicted molar refractivity (Wildman–Crippen MR) is 150 cm³/mol. The van der Waals surface area contributed by atoms with Gasteiger partial charge in [0.05, 0.1) is 31.7 Å². The number of nitrogens with zero attached hydrogens (tertiary/aromatic N) is 4. The Labute approximate surface area is 221 Å². The molecule has 2 aromatic carbocycles. The summed E-state index contributed by atoms with van der Waals surface area (Å²) in [6.45, 7) is 9.01. The molecule has 5 rings (SSSR count). The number of thioether (sulfide) groups is 2. The maximum atomic E-state index is 13.7.